The topological polar surface area (TPSA) is 71.5 Å². The van der Waals surface area contributed by atoms with Crippen molar-refractivity contribution in [1.82, 2.24) is 24.9 Å². The van der Waals surface area contributed by atoms with Crippen LogP contribution >= 0.6 is 0 Å². The first-order valence-corrected chi connectivity index (χ1v) is 8.18. The molecule has 3 rings (SSSR count). The summed E-state index contributed by atoms with van der Waals surface area (Å²) in [5.41, 5.74) is 0.844. The van der Waals surface area contributed by atoms with Gasteiger partial charge < -0.3 is 19.3 Å². The summed E-state index contributed by atoms with van der Waals surface area (Å²) in [6.45, 7) is 7.71. The molecule has 7 nitrogen and oxygen atoms in total. The Bertz CT molecular complexity index is 607. The molecule has 0 saturated carbocycles. The lowest BCUT2D eigenvalue weighted by molar-refractivity contribution is 0.189. The molecule has 1 aliphatic rings. The fraction of sp³-hybridized carbons (Fsp3) is 0.562. The molecule has 0 bridgehead atoms. The van der Waals surface area contributed by atoms with Crippen LogP contribution in [0.4, 0.5) is 0 Å². The van der Waals surface area contributed by atoms with Crippen molar-refractivity contribution in [2.75, 3.05) is 19.6 Å². The zero-order chi connectivity index (χ0) is 16.1. The van der Waals surface area contributed by atoms with Crippen LogP contribution in [0.3, 0.4) is 0 Å². The van der Waals surface area contributed by atoms with Crippen LogP contribution in [0.15, 0.2) is 40.6 Å². The number of likely N-dealkylation sites (tertiary alicyclic amines) is 1. The molecule has 0 aliphatic carbocycles. The van der Waals surface area contributed by atoms with E-state index in [1.54, 1.807) is 6.26 Å². The van der Waals surface area contributed by atoms with Gasteiger partial charge in [0, 0.05) is 38.1 Å². The molecule has 0 spiro atoms. The smallest absolute Gasteiger partial charge is 0.194 e. The molecule has 1 fully saturated rings. The molecular weight excluding hydrogens is 292 g/mol. The number of hydrogen-bond donors (Lipinski definition) is 1. The third kappa shape index (κ3) is 3.72. The maximum atomic E-state index is 4.87. The van der Waals surface area contributed by atoms with Gasteiger partial charge in [0.05, 0.1) is 18.9 Å². The highest BCUT2D eigenvalue weighted by Gasteiger charge is 2.28. The Kier molecular flexibility index (Phi) is 4.95. The summed E-state index contributed by atoms with van der Waals surface area (Å²) in [6, 6.07) is 2.27. The molecule has 0 aromatic carbocycles. The summed E-state index contributed by atoms with van der Waals surface area (Å²) < 4.78 is 7.08. The van der Waals surface area contributed by atoms with Gasteiger partial charge in [-0.15, -0.1) is 0 Å². The Balaban J connectivity index is 1.72. The van der Waals surface area contributed by atoms with Crippen LogP contribution in [0.1, 0.15) is 32.0 Å². The van der Waals surface area contributed by atoms with Gasteiger partial charge in [0.2, 0.25) is 0 Å². The molecular formula is C16H24N6O. The largest absolute Gasteiger partial charge is 0.364 e. The van der Waals surface area contributed by atoms with E-state index in [1.807, 2.05) is 24.8 Å². The van der Waals surface area contributed by atoms with Crippen molar-refractivity contribution < 1.29 is 4.52 Å². The fourth-order valence-electron chi connectivity index (χ4n) is 3.00. The van der Waals surface area contributed by atoms with Gasteiger partial charge in [-0.3, -0.25) is 0 Å². The first-order chi connectivity index (χ1) is 11.3. The summed E-state index contributed by atoms with van der Waals surface area (Å²) >= 11 is 0. The van der Waals surface area contributed by atoms with Gasteiger partial charge in [-0.25, -0.2) is 9.98 Å². The molecule has 23 heavy (non-hydrogen) atoms. The maximum Gasteiger partial charge on any atom is 0.194 e. The number of imidazole rings is 1. The van der Waals surface area contributed by atoms with E-state index in [-0.39, 0.29) is 0 Å². The van der Waals surface area contributed by atoms with Crippen molar-refractivity contribution in [2.24, 2.45) is 10.9 Å². The Morgan fingerprint density at radius 3 is 3.13 bits per heavy atom. The molecule has 0 radical (unpaired) electrons. The van der Waals surface area contributed by atoms with Crippen molar-refractivity contribution in [3.8, 4) is 0 Å². The third-order valence-electron chi connectivity index (χ3n) is 4.34. The minimum atomic E-state index is 0.419. The lowest BCUT2D eigenvalue weighted by atomic mass is 9.93. The second-order valence-electron chi connectivity index (χ2n) is 5.95. The SMILES string of the molecule is CCNC(=NCc1ccon1)N1CCC(C)C(n2ccnc2)C1. The van der Waals surface area contributed by atoms with E-state index in [2.05, 4.69) is 38.8 Å². The zero-order valence-corrected chi connectivity index (χ0v) is 13.7. The van der Waals surface area contributed by atoms with E-state index >= 15 is 0 Å². The first-order valence-electron chi connectivity index (χ1n) is 8.18. The summed E-state index contributed by atoms with van der Waals surface area (Å²) in [5, 5.41) is 7.31. The van der Waals surface area contributed by atoms with Gasteiger partial charge in [0.1, 0.15) is 12.0 Å². The number of piperidine rings is 1. The highest BCUT2D eigenvalue weighted by Crippen LogP contribution is 2.27. The maximum absolute atomic E-state index is 4.87. The Hall–Kier alpha value is -2.31. The van der Waals surface area contributed by atoms with Crippen molar-refractivity contribution in [2.45, 2.75) is 32.9 Å². The number of guanidine groups is 1. The molecule has 124 valence electrons. The predicted molar refractivity (Wildman–Crippen MR) is 87.9 cm³/mol. The Labute approximate surface area is 136 Å². The monoisotopic (exact) mass is 316 g/mol. The lowest BCUT2D eigenvalue weighted by Gasteiger charge is -2.39. The van der Waals surface area contributed by atoms with Crippen molar-refractivity contribution in [3.05, 3.63) is 36.7 Å². The number of rotatable bonds is 4. The minimum Gasteiger partial charge on any atom is -0.364 e. The molecule has 3 heterocycles. The number of aliphatic imine (C=N–C) groups is 1. The lowest BCUT2D eigenvalue weighted by Crippen LogP contribution is -2.49. The Morgan fingerprint density at radius 2 is 2.43 bits per heavy atom. The number of nitrogens with zero attached hydrogens (tertiary/aromatic N) is 5. The number of hydrogen-bond acceptors (Lipinski definition) is 4. The van der Waals surface area contributed by atoms with Crippen molar-refractivity contribution in [3.63, 3.8) is 0 Å². The van der Waals surface area contributed by atoms with E-state index < -0.39 is 0 Å². The van der Waals surface area contributed by atoms with E-state index in [0.29, 0.717) is 18.5 Å². The molecule has 2 aromatic rings. The molecule has 0 amide bonds. The summed E-state index contributed by atoms with van der Waals surface area (Å²) in [7, 11) is 0. The van der Waals surface area contributed by atoms with E-state index in [9.17, 15) is 0 Å². The molecule has 1 saturated heterocycles. The minimum absolute atomic E-state index is 0.419. The zero-order valence-electron chi connectivity index (χ0n) is 13.7. The molecule has 2 atom stereocenters. The Morgan fingerprint density at radius 1 is 1.52 bits per heavy atom. The van der Waals surface area contributed by atoms with Gasteiger partial charge in [-0.05, 0) is 19.3 Å². The summed E-state index contributed by atoms with van der Waals surface area (Å²) in [4.78, 5) is 11.2. The first kappa shape index (κ1) is 15.6. The third-order valence-corrected chi connectivity index (χ3v) is 4.34. The summed E-state index contributed by atoms with van der Waals surface area (Å²) in [6.07, 6.45) is 8.51. The standard InChI is InChI=1S/C16H24N6O/c1-3-18-16(19-10-14-5-9-23-20-14)21-7-4-13(2)15(11-21)22-8-6-17-12-22/h5-6,8-9,12-13,15H,3-4,7,10-11H2,1-2H3,(H,18,19). The number of nitrogens with one attached hydrogen (secondary N) is 1. The van der Waals surface area contributed by atoms with Gasteiger partial charge in [0.15, 0.2) is 5.96 Å². The van der Waals surface area contributed by atoms with E-state index in [1.165, 1.54) is 0 Å². The molecule has 1 aliphatic heterocycles. The molecule has 7 heteroatoms. The van der Waals surface area contributed by atoms with Crippen LogP contribution in [-0.4, -0.2) is 45.2 Å². The number of aromatic nitrogens is 3. The van der Waals surface area contributed by atoms with Crippen molar-refractivity contribution >= 4 is 5.96 Å². The van der Waals surface area contributed by atoms with Crippen LogP contribution in [0.2, 0.25) is 0 Å². The molecule has 2 aromatic heterocycles. The van der Waals surface area contributed by atoms with E-state index in [4.69, 9.17) is 9.52 Å². The summed E-state index contributed by atoms with van der Waals surface area (Å²) in [5.74, 6) is 1.56. The van der Waals surface area contributed by atoms with Crippen LogP contribution in [0, 0.1) is 5.92 Å². The average molecular weight is 316 g/mol. The quantitative estimate of drug-likeness (QED) is 0.689. The van der Waals surface area contributed by atoms with Crippen LogP contribution in [-0.2, 0) is 6.54 Å². The van der Waals surface area contributed by atoms with Gasteiger partial charge in [0.25, 0.3) is 0 Å². The van der Waals surface area contributed by atoms with Crippen molar-refractivity contribution in [1.29, 1.82) is 0 Å². The molecule has 1 N–H and O–H groups in total. The van der Waals surface area contributed by atoms with Crippen LogP contribution in [0.25, 0.3) is 0 Å². The second-order valence-corrected chi connectivity index (χ2v) is 5.95. The van der Waals surface area contributed by atoms with Gasteiger partial charge >= 0.3 is 0 Å². The highest BCUT2D eigenvalue weighted by molar-refractivity contribution is 5.80. The van der Waals surface area contributed by atoms with E-state index in [0.717, 1.165) is 37.7 Å². The highest BCUT2D eigenvalue weighted by atomic mass is 16.5. The molecule has 2 unspecified atom stereocenters. The predicted octanol–water partition coefficient (Wildman–Crippen LogP) is 1.92. The second kappa shape index (κ2) is 7.30. The fourth-order valence-corrected chi connectivity index (χ4v) is 3.00. The normalized spacial score (nSPS) is 22.3. The average Bonchev–Trinajstić information content (AvgIpc) is 3.25. The van der Waals surface area contributed by atoms with Crippen LogP contribution < -0.4 is 5.32 Å². The van der Waals surface area contributed by atoms with Gasteiger partial charge in [-0.2, -0.15) is 0 Å². The van der Waals surface area contributed by atoms with Gasteiger partial charge in [-0.1, -0.05) is 12.1 Å². The van der Waals surface area contributed by atoms with Crippen LogP contribution in [0.5, 0.6) is 0 Å².